The Morgan fingerprint density at radius 2 is 2.00 bits per heavy atom. The molecule has 3 rings (SSSR count). The second kappa shape index (κ2) is 4.03. The minimum absolute atomic E-state index is 0.0480. The first-order valence-electron chi connectivity index (χ1n) is 6.11. The SMILES string of the molecule is NC1CC(c2cc(F)ccc2F)N(C2CC2)C1. The van der Waals surface area contributed by atoms with Gasteiger partial charge in [0.25, 0.3) is 0 Å². The highest BCUT2D eigenvalue weighted by Crippen LogP contribution is 2.41. The molecule has 1 heterocycles. The van der Waals surface area contributed by atoms with Crippen molar-refractivity contribution in [2.24, 2.45) is 5.73 Å². The van der Waals surface area contributed by atoms with Gasteiger partial charge in [0.2, 0.25) is 0 Å². The van der Waals surface area contributed by atoms with Crippen LogP contribution >= 0.6 is 0 Å². The highest BCUT2D eigenvalue weighted by atomic mass is 19.1. The first-order chi connectivity index (χ1) is 8.15. The summed E-state index contributed by atoms with van der Waals surface area (Å²) < 4.78 is 27.0. The zero-order valence-electron chi connectivity index (χ0n) is 9.57. The predicted octanol–water partition coefficient (Wildman–Crippen LogP) is 2.20. The van der Waals surface area contributed by atoms with E-state index in [9.17, 15) is 8.78 Å². The van der Waals surface area contributed by atoms with Gasteiger partial charge in [-0.15, -0.1) is 0 Å². The largest absolute Gasteiger partial charge is 0.326 e. The molecule has 2 N–H and O–H groups in total. The fraction of sp³-hybridized carbons (Fsp3) is 0.538. The van der Waals surface area contributed by atoms with Crippen molar-refractivity contribution in [1.82, 2.24) is 4.90 Å². The second-order valence-corrected chi connectivity index (χ2v) is 5.11. The molecule has 0 spiro atoms. The summed E-state index contributed by atoms with van der Waals surface area (Å²) in [7, 11) is 0. The molecule has 1 aliphatic carbocycles. The molecule has 0 aromatic heterocycles. The third-order valence-electron chi connectivity index (χ3n) is 3.70. The molecular formula is C13H16F2N2. The van der Waals surface area contributed by atoms with Gasteiger partial charge >= 0.3 is 0 Å². The Bertz CT molecular complexity index is 431. The molecule has 4 heteroatoms. The Morgan fingerprint density at radius 1 is 1.24 bits per heavy atom. The van der Waals surface area contributed by atoms with E-state index in [4.69, 9.17) is 5.73 Å². The van der Waals surface area contributed by atoms with Crippen LogP contribution in [0.1, 0.15) is 30.9 Å². The lowest BCUT2D eigenvalue weighted by Gasteiger charge is -2.24. The van der Waals surface area contributed by atoms with Gasteiger partial charge < -0.3 is 5.73 Å². The predicted molar refractivity (Wildman–Crippen MR) is 61.4 cm³/mol. The zero-order valence-corrected chi connectivity index (χ0v) is 9.57. The Labute approximate surface area is 99.4 Å². The maximum atomic E-state index is 13.8. The number of nitrogens with zero attached hydrogens (tertiary/aromatic N) is 1. The molecule has 1 aromatic carbocycles. The van der Waals surface area contributed by atoms with Crippen molar-refractivity contribution in [3.05, 3.63) is 35.4 Å². The number of likely N-dealkylation sites (tertiary alicyclic amines) is 1. The first kappa shape index (κ1) is 11.1. The van der Waals surface area contributed by atoms with Crippen LogP contribution in [0, 0.1) is 11.6 Å². The summed E-state index contributed by atoms with van der Waals surface area (Å²) in [5.74, 6) is -0.700. The van der Waals surface area contributed by atoms with Crippen molar-refractivity contribution in [3.8, 4) is 0 Å². The Kier molecular flexibility index (Phi) is 2.64. The van der Waals surface area contributed by atoms with Gasteiger partial charge in [-0.3, -0.25) is 4.90 Å². The molecule has 0 amide bonds. The van der Waals surface area contributed by atoms with Crippen LogP contribution in [0.4, 0.5) is 8.78 Å². The van der Waals surface area contributed by atoms with Gasteiger partial charge in [0, 0.05) is 30.2 Å². The van der Waals surface area contributed by atoms with Gasteiger partial charge in [-0.25, -0.2) is 8.78 Å². The molecule has 2 atom stereocenters. The second-order valence-electron chi connectivity index (χ2n) is 5.11. The van der Waals surface area contributed by atoms with Crippen LogP contribution < -0.4 is 5.73 Å². The molecule has 1 saturated heterocycles. The Balaban J connectivity index is 1.93. The van der Waals surface area contributed by atoms with Crippen LogP contribution in [0.5, 0.6) is 0 Å². The van der Waals surface area contributed by atoms with Gasteiger partial charge in [-0.05, 0) is 37.5 Å². The quantitative estimate of drug-likeness (QED) is 0.855. The van der Waals surface area contributed by atoms with Crippen LogP contribution in [0.15, 0.2) is 18.2 Å². The Morgan fingerprint density at radius 3 is 2.71 bits per heavy atom. The number of hydrogen-bond donors (Lipinski definition) is 1. The van der Waals surface area contributed by atoms with Crippen molar-refractivity contribution in [1.29, 1.82) is 0 Å². The Hall–Kier alpha value is -1.00. The summed E-state index contributed by atoms with van der Waals surface area (Å²) in [6, 6.07) is 4.23. The number of hydrogen-bond acceptors (Lipinski definition) is 2. The van der Waals surface area contributed by atoms with Crippen molar-refractivity contribution in [3.63, 3.8) is 0 Å². The molecular weight excluding hydrogens is 222 g/mol. The van der Waals surface area contributed by atoms with Gasteiger partial charge in [0.15, 0.2) is 0 Å². The highest BCUT2D eigenvalue weighted by molar-refractivity contribution is 5.24. The number of benzene rings is 1. The van der Waals surface area contributed by atoms with E-state index < -0.39 is 0 Å². The molecule has 17 heavy (non-hydrogen) atoms. The number of nitrogens with two attached hydrogens (primary N) is 1. The van der Waals surface area contributed by atoms with E-state index in [0.29, 0.717) is 11.6 Å². The van der Waals surface area contributed by atoms with Crippen molar-refractivity contribution < 1.29 is 8.78 Å². The number of rotatable bonds is 2. The van der Waals surface area contributed by atoms with Crippen LogP contribution in [-0.4, -0.2) is 23.5 Å². The monoisotopic (exact) mass is 238 g/mol. The number of halogens is 2. The summed E-state index contributed by atoms with van der Waals surface area (Å²) in [6.07, 6.45) is 3.02. The first-order valence-corrected chi connectivity index (χ1v) is 6.11. The van der Waals surface area contributed by atoms with Crippen LogP contribution in [0.3, 0.4) is 0 Å². The topological polar surface area (TPSA) is 29.3 Å². The van der Waals surface area contributed by atoms with Crippen LogP contribution in [-0.2, 0) is 0 Å². The third kappa shape index (κ3) is 2.07. The normalized spacial score (nSPS) is 29.8. The standard InChI is InChI=1S/C13H16F2N2/c14-8-1-4-12(15)11(5-8)13-6-9(16)7-17(13)10-2-3-10/h1,4-5,9-10,13H,2-3,6-7,16H2. The molecule has 2 unspecified atom stereocenters. The van der Waals surface area contributed by atoms with Crippen LogP contribution in [0.25, 0.3) is 0 Å². The summed E-state index contributed by atoms with van der Waals surface area (Å²) in [6.45, 7) is 0.797. The molecule has 2 nitrogen and oxygen atoms in total. The molecule has 0 radical (unpaired) electrons. The molecule has 2 aliphatic rings. The summed E-state index contributed by atoms with van der Waals surface area (Å²) in [4.78, 5) is 2.24. The van der Waals surface area contributed by atoms with Crippen LogP contribution in [0.2, 0.25) is 0 Å². The third-order valence-corrected chi connectivity index (χ3v) is 3.70. The van der Waals surface area contributed by atoms with E-state index >= 15 is 0 Å². The minimum Gasteiger partial charge on any atom is -0.326 e. The lowest BCUT2D eigenvalue weighted by molar-refractivity contribution is 0.240. The average Bonchev–Trinajstić information content (AvgIpc) is 3.06. The van der Waals surface area contributed by atoms with E-state index in [-0.39, 0.29) is 23.7 Å². The summed E-state index contributed by atoms with van der Waals surface area (Å²) in [5, 5.41) is 0. The molecule has 1 saturated carbocycles. The highest BCUT2D eigenvalue weighted by Gasteiger charge is 2.41. The lowest BCUT2D eigenvalue weighted by atomic mass is 10.0. The molecule has 1 aliphatic heterocycles. The van der Waals surface area contributed by atoms with Gasteiger partial charge in [-0.1, -0.05) is 0 Å². The molecule has 0 bridgehead atoms. The van der Waals surface area contributed by atoms with E-state index in [0.717, 1.165) is 31.9 Å². The van der Waals surface area contributed by atoms with E-state index in [2.05, 4.69) is 4.90 Å². The average molecular weight is 238 g/mol. The molecule has 1 aromatic rings. The van der Waals surface area contributed by atoms with Crippen molar-refractivity contribution in [2.75, 3.05) is 6.54 Å². The fourth-order valence-electron chi connectivity index (χ4n) is 2.78. The molecule has 92 valence electrons. The van der Waals surface area contributed by atoms with Gasteiger partial charge in [0.05, 0.1) is 0 Å². The van der Waals surface area contributed by atoms with Crippen molar-refractivity contribution in [2.45, 2.75) is 37.4 Å². The lowest BCUT2D eigenvalue weighted by Crippen LogP contribution is -2.29. The van der Waals surface area contributed by atoms with Gasteiger partial charge in [-0.2, -0.15) is 0 Å². The van der Waals surface area contributed by atoms with Crippen molar-refractivity contribution >= 4 is 0 Å². The minimum atomic E-state index is -0.377. The summed E-state index contributed by atoms with van der Waals surface area (Å²) >= 11 is 0. The zero-order chi connectivity index (χ0) is 12.0. The fourth-order valence-corrected chi connectivity index (χ4v) is 2.78. The smallest absolute Gasteiger partial charge is 0.128 e. The maximum absolute atomic E-state index is 13.8. The molecule has 2 fully saturated rings. The van der Waals surface area contributed by atoms with E-state index in [1.54, 1.807) is 0 Å². The summed E-state index contributed by atoms with van der Waals surface area (Å²) in [5.41, 5.74) is 6.41. The van der Waals surface area contributed by atoms with Gasteiger partial charge in [0.1, 0.15) is 11.6 Å². The maximum Gasteiger partial charge on any atom is 0.128 e. The van der Waals surface area contributed by atoms with E-state index in [1.165, 1.54) is 12.1 Å². The van der Waals surface area contributed by atoms with E-state index in [1.807, 2.05) is 0 Å².